The molecule has 0 radical (unpaired) electrons. The molecule has 7 nitrogen and oxygen atoms in total. The van der Waals surface area contributed by atoms with E-state index in [2.05, 4.69) is 39.2 Å². The molecule has 1 fully saturated rings. The van der Waals surface area contributed by atoms with Crippen LogP contribution in [-0.4, -0.2) is 33.9 Å². The fraction of sp³-hybridized carbons (Fsp3) is 0.450. The molecule has 1 amide bonds. The zero-order valence-corrected chi connectivity index (χ0v) is 15.6. The van der Waals surface area contributed by atoms with Crippen LogP contribution in [0.15, 0.2) is 39.9 Å². The Hall–Kier alpha value is -2.67. The molecule has 2 aromatic rings. The Morgan fingerprint density at radius 3 is 2.44 bits per heavy atom. The minimum absolute atomic E-state index is 0.0371. The molecular formula is C20H26N4O3. The Labute approximate surface area is 157 Å². The van der Waals surface area contributed by atoms with Gasteiger partial charge in [0.2, 0.25) is 5.91 Å². The molecule has 0 atom stereocenters. The number of hydrogen-bond donors (Lipinski definition) is 3. The summed E-state index contributed by atoms with van der Waals surface area (Å²) in [4.78, 5) is 41.5. The number of nitrogens with zero attached hydrogens (tertiary/aromatic N) is 1. The Bertz CT molecular complexity index is 849. The molecule has 0 unspecified atom stereocenters. The van der Waals surface area contributed by atoms with Crippen molar-refractivity contribution >= 4 is 5.91 Å². The van der Waals surface area contributed by atoms with E-state index >= 15 is 0 Å². The van der Waals surface area contributed by atoms with Gasteiger partial charge >= 0.3 is 5.69 Å². The van der Waals surface area contributed by atoms with Crippen molar-refractivity contribution in [3.8, 4) is 0 Å². The maximum absolute atomic E-state index is 12.0. The van der Waals surface area contributed by atoms with Crippen molar-refractivity contribution in [3.63, 3.8) is 0 Å². The number of carbonyl (C=O) groups excluding carboxylic acids is 1. The number of benzene rings is 1. The smallest absolute Gasteiger partial charge is 0.325 e. The summed E-state index contributed by atoms with van der Waals surface area (Å²) in [5.74, 6) is 0.585. The standard InChI is InChI=1S/C20H26N4O3/c1-14-6-8-24(9-7-14)13-16-4-2-15(3-5-16)12-21-18(25)10-17-11-19(26)23-20(27)22-17/h2-5,11,14H,6-10,12-13H2,1H3,(H,21,25)(H2,22,23,26,27). The third-order valence-electron chi connectivity index (χ3n) is 4.96. The van der Waals surface area contributed by atoms with Crippen molar-refractivity contribution in [2.75, 3.05) is 13.1 Å². The van der Waals surface area contributed by atoms with Gasteiger partial charge in [-0.1, -0.05) is 31.2 Å². The van der Waals surface area contributed by atoms with Crippen LogP contribution in [0.1, 0.15) is 36.6 Å². The van der Waals surface area contributed by atoms with Crippen LogP contribution in [0.2, 0.25) is 0 Å². The van der Waals surface area contributed by atoms with E-state index in [1.165, 1.54) is 24.5 Å². The van der Waals surface area contributed by atoms with Crippen molar-refractivity contribution in [1.29, 1.82) is 0 Å². The molecule has 0 saturated carbocycles. The van der Waals surface area contributed by atoms with Gasteiger partial charge in [-0.2, -0.15) is 0 Å². The number of aromatic amines is 2. The average molecular weight is 370 g/mol. The molecule has 1 aliphatic heterocycles. The Kier molecular flexibility index (Phi) is 6.24. The maximum atomic E-state index is 12.0. The van der Waals surface area contributed by atoms with Crippen LogP contribution in [-0.2, 0) is 24.3 Å². The zero-order chi connectivity index (χ0) is 19.2. The minimum atomic E-state index is -0.607. The van der Waals surface area contributed by atoms with E-state index in [1.54, 1.807) is 0 Å². The van der Waals surface area contributed by atoms with Crippen molar-refractivity contribution < 1.29 is 4.79 Å². The first-order chi connectivity index (χ1) is 13.0. The molecule has 0 aliphatic carbocycles. The lowest BCUT2D eigenvalue weighted by atomic mass is 9.99. The van der Waals surface area contributed by atoms with E-state index in [0.717, 1.165) is 31.1 Å². The summed E-state index contributed by atoms with van der Waals surface area (Å²) in [6.45, 7) is 6.00. The van der Waals surface area contributed by atoms with Crippen LogP contribution in [0.4, 0.5) is 0 Å². The normalized spacial score (nSPS) is 15.6. The molecule has 1 saturated heterocycles. The van der Waals surface area contributed by atoms with Crippen LogP contribution in [0.5, 0.6) is 0 Å². The first kappa shape index (κ1) is 19.1. The van der Waals surface area contributed by atoms with Gasteiger partial charge in [0.15, 0.2) is 0 Å². The van der Waals surface area contributed by atoms with Crippen molar-refractivity contribution in [2.45, 2.75) is 39.3 Å². The van der Waals surface area contributed by atoms with Crippen LogP contribution < -0.4 is 16.6 Å². The van der Waals surface area contributed by atoms with Crippen LogP contribution in [0.25, 0.3) is 0 Å². The summed E-state index contributed by atoms with van der Waals surface area (Å²) in [7, 11) is 0. The summed E-state index contributed by atoms with van der Waals surface area (Å²) in [5.41, 5.74) is 1.47. The predicted molar refractivity (Wildman–Crippen MR) is 103 cm³/mol. The minimum Gasteiger partial charge on any atom is -0.352 e. The highest BCUT2D eigenvalue weighted by Gasteiger charge is 2.15. The molecular weight excluding hydrogens is 344 g/mol. The highest BCUT2D eigenvalue weighted by atomic mass is 16.2. The highest BCUT2D eigenvalue weighted by Crippen LogP contribution is 2.18. The van der Waals surface area contributed by atoms with E-state index in [9.17, 15) is 14.4 Å². The van der Waals surface area contributed by atoms with E-state index in [0.29, 0.717) is 12.2 Å². The zero-order valence-electron chi connectivity index (χ0n) is 15.6. The quantitative estimate of drug-likeness (QED) is 0.711. The first-order valence-corrected chi connectivity index (χ1v) is 9.37. The third-order valence-corrected chi connectivity index (χ3v) is 4.96. The summed E-state index contributed by atoms with van der Waals surface area (Å²) in [6.07, 6.45) is 2.50. The second-order valence-electron chi connectivity index (χ2n) is 7.34. The molecule has 1 aromatic carbocycles. The summed E-state index contributed by atoms with van der Waals surface area (Å²) >= 11 is 0. The van der Waals surface area contributed by atoms with E-state index in [-0.39, 0.29) is 12.3 Å². The molecule has 1 aliphatic rings. The average Bonchev–Trinajstić information content (AvgIpc) is 2.62. The number of carbonyl (C=O) groups is 1. The summed E-state index contributed by atoms with van der Waals surface area (Å²) in [6, 6.07) is 9.48. The van der Waals surface area contributed by atoms with Gasteiger partial charge in [-0.15, -0.1) is 0 Å². The number of H-pyrrole nitrogens is 2. The molecule has 2 heterocycles. The molecule has 7 heteroatoms. The van der Waals surface area contributed by atoms with Gasteiger partial charge in [-0.05, 0) is 43.0 Å². The number of piperidine rings is 1. The molecule has 144 valence electrons. The van der Waals surface area contributed by atoms with Gasteiger partial charge in [0.1, 0.15) is 0 Å². The predicted octanol–water partition coefficient (Wildman–Crippen LogP) is 1.15. The number of rotatable bonds is 6. The maximum Gasteiger partial charge on any atom is 0.325 e. The van der Waals surface area contributed by atoms with Gasteiger partial charge in [-0.3, -0.25) is 19.5 Å². The van der Waals surface area contributed by atoms with Crippen LogP contribution in [0, 0.1) is 5.92 Å². The second-order valence-corrected chi connectivity index (χ2v) is 7.34. The fourth-order valence-corrected chi connectivity index (χ4v) is 3.29. The first-order valence-electron chi connectivity index (χ1n) is 9.37. The van der Waals surface area contributed by atoms with Gasteiger partial charge in [-0.25, -0.2) is 4.79 Å². The van der Waals surface area contributed by atoms with Gasteiger partial charge in [0, 0.05) is 24.8 Å². The van der Waals surface area contributed by atoms with Gasteiger partial charge in [0.25, 0.3) is 5.56 Å². The van der Waals surface area contributed by atoms with E-state index < -0.39 is 11.2 Å². The van der Waals surface area contributed by atoms with Crippen molar-refractivity contribution in [3.05, 3.63) is 68.0 Å². The summed E-state index contributed by atoms with van der Waals surface area (Å²) in [5, 5.41) is 2.81. The molecule has 3 N–H and O–H groups in total. The molecule has 27 heavy (non-hydrogen) atoms. The number of amides is 1. The van der Waals surface area contributed by atoms with E-state index in [1.807, 2.05) is 12.1 Å². The largest absolute Gasteiger partial charge is 0.352 e. The Balaban J connectivity index is 1.47. The highest BCUT2D eigenvalue weighted by molar-refractivity contribution is 5.78. The van der Waals surface area contributed by atoms with Crippen LogP contribution >= 0.6 is 0 Å². The molecule has 1 aromatic heterocycles. The Morgan fingerprint density at radius 2 is 1.78 bits per heavy atom. The number of likely N-dealkylation sites (tertiary alicyclic amines) is 1. The van der Waals surface area contributed by atoms with Crippen molar-refractivity contribution in [2.24, 2.45) is 5.92 Å². The third kappa shape index (κ3) is 5.92. The molecule has 3 rings (SSSR count). The monoisotopic (exact) mass is 370 g/mol. The number of nitrogens with one attached hydrogen (secondary N) is 3. The summed E-state index contributed by atoms with van der Waals surface area (Å²) < 4.78 is 0. The lowest BCUT2D eigenvalue weighted by molar-refractivity contribution is -0.120. The Morgan fingerprint density at radius 1 is 1.11 bits per heavy atom. The lowest BCUT2D eigenvalue weighted by Gasteiger charge is -2.30. The number of hydrogen-bond acceptors (Lipinski definition) is 4. The second kappa shape index (κ2) is 8.81. The van der Waals surface area contributed by atoms with Crippen LogP contribution in [0.3, 0.4) is 0 Å². The lowest BCUT2D eigenvalue weighted by Crippen LogP contribution is -2.32. The topological polar surface area (TPSA) is 98.1 Å². The number of aromatic nitrogens is 2. The molecule has 0 spiro atoms. The van der Waals surface area contributed by atoms with Gasteiger partial charge < -0.3 is 10.3 Å². The van der Waals surface area contributed by atoms with E-state index in [4.69, 9.17) is 0 Å². The SMILES string of the molecule is CC1CCN(Cc2ccc(CNC(=O)Cc3cc(=O)[nH]c(=O)[nH]3)cc2)CC1. The van der Waals surface area contributed by atoms with Crippen molar-refractivity contribution in [1.82, 2.24) is 20.2 Å². The fourth-order valence-electron chi connectivity index (χ4n) is 3.29. The van der Waals surface area contributed by atoms with Gasteiger partial charge in [0.05, 0.1) is 6.42 Å². The molecule has 0 bridgehead atoms.